The van der Waals surface area contributed by atoms with Crippen LogP contribution in [0.5, 0.6) is 0 Å². The van der Waals surface area contributed by atoms with Gasteiger partial charge in [0, 0.05) is 0 Å². The Morgan fingerprint density at radius 2 is 1.95 bits per heavy atom. The zero-order valence-electron chi connectivity index (χ0n) is 10.2. The van der Waals surface area contributed by atoms with E-state index in [1.54, 1.807) is 6.92 Å². The van der Waals surface area contributed by atoms with E-state index < -0.39 is 11.7 Å². The largest absolute Gasteiger partial charge is 0.429 e. The highest BCUT2D eigenvalue weighted by molar-refractivity contribution is 5.75. The molecule has 0 unspecified atom stereocenters. The summed E-state index contributed by atoms with van der Waals surface area (Å²) in [6.07, 6.45) is -2.92. The number of rotatable bonds is 2. The molecule has 8 heteroatoms. The Labute approximate surface area is 110 Å². The van der Waals surface area contributed by atoms with Gasteiger partial charge in [0.2, 0.25) is 0 Å². The maximum Gasteiger partial charge on any atom is 0.416 e. The topological polar surface area (TPSA) is 64.1 Å². The molecule has 2 aromatic heterocycles. The molecule has 0 fully saturated rings. The fourth-order valence-corrected chi connectivity index (χ4v) is 1.66. The summed E-state index contributed by atoms with van der Waals surface area (Å²) in [6, 6.07) is 3.25. The van der Waals surface area contributed by atoms with Gasteiger partial charge >= 0.3 is 18.2 Å². The highest BCUT2D eigenvalue weighted by atomic mass is 19.4. The van der Waals surface area contributed by atoms with Crippen LogP contribution in [-0.2, 0) is 6.18 Å². The van der Waals surface area contributed by atoms with Gasteiger partial charge in [-0.3, -0.25) is 5.32 Å². The van der Waals surface area contributed by atoms with Crippen LogP contribution in [0.25, 0.3) is 11.1 Å². The summed E-state index contributed by atoms with van der Waals surface area (Å²) in [5.41, 5.74) is -0.439. The van der Waals surface area contributed by atoms with E-state index in [2.05, 4.69) is 15.3 Å². The molecule has 0 aliphatic rings. The van der Waals surface area contributed by atoms with Gasteiger partial charge in [0.15, 0.2) is 5.58 Å². The molecule has 3 aromatic rings. The van der Waals surface area contributed by atoms with Gasteiger partial charge in [0.05, 0.1) is 11.8 Å². The molecule has 0 amide bonds. The minimum Gasteiger partial charge on any atom is -0.429 e. The molecule has 0 bridgehead atoms. The highest BCUT2D eigenvalue weighted by Gasteiger charge is 2.31. The molecule has 0 saturated carbocycles. The van der Waals surface area contributed by atoms with Crippen LogP contribution in [0.3, 0.4) is 0 Å². The van der Waals surface area contributed by atoms with Crippen LogP contribution >= 0.6 is 0 Å². The third-order valence-corrected chi connectivity index (χ3v) is 2.55. The second-order valence-corrected chi connectivity index (χ2v) is 4.10. The Kier molecular flexibility index (Phi) is 2.66. The van der Waals surface area contributed by atoms with Gasteiger partial charge in [-0.2, -0.15) is 18.2 Å². The van der Waals surface area contributed by atoms with E-state index >= 15 is 0 Å². The quantitative estimate of drug-likeness (QED) is 0.773. The monoisotopic (exact) mass is 283 g/mol. The minimum absolute atomic E-state index is 0.0150. The number of fused-ring (bicyclic) bond motifs is 1. The molecule has 2 heterocycles. The highest BCUT2D eigenvalue weighted by Crippen LogP contribution is 2.32. The average molecular weight is 283 g/mol. The SMILES string of the molecule is Cc1cnc(Nc2nc3cc(C(F)(F)F)ccc3o2)o1. The number of nitrogens with one attached hydrogen (secondary N) is 1. The number of oxazole rings is 2. The molecule has 0 saturated heterocycles. The standard InChI is InChI=1S/C12H8F3N3O2/c1-6-5-16-10(19-6)18-11-17-8-4-7(12(13,14)15)2-3-9(8)20-11/h2-5H,1H3,(H,16,17,18). The van der Waals surface area contributed by atoms with Crippen LogP contribution < -0.4 is 5.32 Å². The first-order chi connectivity index (χ1) is 9.41. The molecule has 0 atom stereocenters. The van der Waals surface area contributed by atoms with Gasteiger partial charge in [0.25, 0.3) is 0 Å². The molecule has 1 N–H and O–H groups in total. The van der Waals surface area contributed by atoms with E-state index in [-0.39, 0.29) is 23.1 Å². The van der Waals surface area contributed by atoms with Crippen LogP contribution in [0, 0.1) is 6.92 Å². The Morgan fingerprint density at radius 3 is 2.60 bits per heavy atom. The molecular formula is C12H8F3N3O2. The summed E-state index contributed by atoms with van der Waals surface area (Å²) < 4.78 is 48.1. The third-order valence-electron chi connectivity index (χ3n) is 2.55. The Balaban J connectivity index is 1.94. The van der Waals surface area contributed by atoms with Gasteiger partial charge in [0.1, 0.15) is 11.3 Å². The first-order valence-electron chi connectivity index (χ1n) is 5.59. The Bertz CT molecular complexity index is 761. The van der Waals surface area contributed by atoms with Crippen molar-refractivity contribution in [1.29, 1.82) is 0 Å². The number of alkyl halides is 3. The van der Waals surface area contributed by atoms with Gasteiger partial charge in [-0.25, -0.2) is 4.98 Å². The Hall–Kier alpha value is -2.51. The summed E-state index contributed by atoms with van der Waals surface area (Å²) in [5.74, 6) is 0.586. The zero-order valence-corrected chi connectivity index (χ0v) is 10.2. The number of aromatic nitrogens is 2. The smallest absolute Gasteiger partial charge is 0.416 e. The molecule has 0 spiro atoms. The van der Waals surface area contributed by atoms with Crippen molar-refractivity contribution in [2.24, 2.45) is 0 Å². The fraction of sp³-hybridized carbons (Fsp3) is 0.167. The molecule has 1 aromatic carbocycles. The summed E-state index contributed by atoms with van der Waals surface area (Å²) >= 11 is 0. The normalized spacial score (nSPS) is 12.0. The van der Waals surface area contributed by atoms with E-state index in [1.165, 1.54) is 12.3 Å². The van der Waals surface area contributed by atoms with Crippen LogP contribution in [-0.4, -0.2) is 9.97 Å². The predicted molar refractivity (Wildman–Crippen MR) is 63.5 cm³/mol. The maximum absolute atomic E-state index is 12.6. The third kappa shape index (κ3) is 2.31. The van der Waals surface area contributed by atoms with Gasteiger partial charge < -0.3 is 8.83 Å². The van der Waals surface area contributed by atoms with Crippen LogP contribution in [0.15, 0.2) is 33.2 Å². The van der Waals surface area contributed by atoms with Crippen LogP contribution in [0.2, 0.25) is 0 Å². The molecule has 3 rings (SSSR count). The predicted octanol–water partition coefficient (Wildman–Crippen LogP) is 3.89. The average Bonchev–Trinajstić information content (AvgIpc) is 2.93. The first kappa shape index (κ1) is 12.5. The number of hydrogen-bond donors (Lipinski definition) is 1. The van der Waals surface area contributed by atoms with E-state index in [1.807, 2.05) is 0 Å². The van der Waals surface area contributed by atoms with Crippen LogP contribution in [0.4, 0.5) is 25.2 Å². The number of benzene rings is 1. The number of halogens is 3. The summed E-state index contributed by atoms with van der Waals surface area (Å²) in [5, 5.41) is 2.64. The summed E-state index contributed by atoms with van der Waals surface area (Å²) in [4.78, 5) is 7.79. The molecule has 0 aliphatic heterocycles. The van der Waals surface area contributed by atoms with E-state index in [9.17, 15) is 13.2 Å². The molecular weight excluding hydrogens is 275 g/mol. The maximum atomic E-state index is 12.6. The van der Waals surface area contributed by atoms with Gasteiger partial charge in [-0.05, 0) is 25.1 Å². The molecule has 5 nitrogen and oxygen atoms in total. The van der Waals surface area contributed by atoms with Crippen molar-refractivity contribution >= 4 is 23.1 Å². The number of hydrogen-bond acceptors (Lipinski definition) is 5. The lowest BCUT2D eigenvalue weighted by Gasteiger charge is -2.04. The number of nitrogens with zero attached hydrogens (tertiary/aromatic N) is 2. The van der Waals surface area contributed by atoms with Crippen molar-refractivity contribution in [3.63, 3.8) is 0 Å². The van der Waals surface area contributed by atoms with Gasteiger partial charge in [-0.15, -0.1) is 0 Å². The molecule has 104 valence electrons. The first-order valence-corrected chi connectivity index (χ1v) is 5.59. The van der Waals surface area contributed by atoms with Crippen LogP contribution in [0.1, 0.15) is 11.3 Å². The lowest BCUT2D eigenvalue weighted by molar-refractivity contribution is -0.137. The van der Waals surface area contributed by atoms with Crippen molar-refractivity contribution in [3.8, 4) is 0 Å². The molecule has 20 heavy (non-hydrogen) atoms. The van der Waals surface area contributed by atoms with Crippen molar-refractivity contribution < 1.29 is 22.0 Å². The van der Waals surface area contributed by atoms with Crippen molar-refractivity contribution in [2.45, 2.75) is 13.1 Å². The summed E-state index contributed by atoms with van der Waals surface area (Å²) in [7, 11) is 0. The minimum atomic E-state index is -4.42. The molecule has 0 radical (unpaired) electrons. The molecule has 0 aliphatic carbocycles. The zero-order chi connectivity index (χ0) is 14.3. The van der Waals surface area contributed by atoms with Gasteiger partial charge in [-0.1, -0.05) is 0 Å². The fourth-order valence-electron chi connectivity index (χ4n) is 1.66. The lowest BCUT2D eigenvalue weighted by Crippen LogP contribution is -2.03. The van der Waals surface area contributed by atoms with E-state index in [0.717, 1.165) is 12.1 Å². The lowest BCUT2D eigenvalue weighted by atomic mass is 10.2. The van der Waals surface area contributed by atoms with Crippen molar-refractivity contribution in [2.75, 3.05) is 5.32 Å². The summed E-state index contributed by atoms with van der Waals surface area (Å²) in [6.45, 7) is 1.71. The second kappa shape index (κ2) is 4.26. The van der Waals surface area contributed by atoms with E-state index in [4.69, 9.17) is 8.83 Å². The second-order valence-electron chi connectivity index (χ2n) is 4.10. The van der Waals surface area contributed by atoms with Crippen molar-refractivity contribution in [1.82, 2.24) is 9.97 Å². The number of aryl methyl sites for hydroxylation is 1. The van der Waals surface area contributed by atoms with E-state index in [0.29, 0.717) is 5.76 Å². The number of anilines is 2. The Morgan fingerprint density at radius 1 is 1.15 bits per heavy atom. The van der Waals surface area contributed by atoms with Crippen molar-refractivity contribution in [3.05, 3.63) is 35.7 Å².